The minimum atomic E-state index is -4.45. The van der Waals surface area contributed by atoms with Crippen LogP contribution in [0.1, 0.15) is 62.8 Å². The number of aromatic nitrogens is 2. The lowest BCUT2D eigenvalue weighted by atomic mass is 10.2. The molecule has 5 aromatic rings. The molecule has 2 amide bonds. The number of amides is 2. The van der Waals surface area contributed by atoms with Crippen LogP contribution < -0.4 is 16.4 Å². The third kappa shape index (κ3) is 18.0. The Morgan fingerprint density at radius 1 is 0.738 bits per heavy atom. The van der Waals surface area contributed by atoms with E-state index in [1.54, 1.807) is 19.9 Å². The first kappa shape index (κ1) is 51.7. The number of anilines is 3. The summed E-state index contributed by atoms with van der Waals surface area (Å²) in [4.78, 5) is 36.5. The third-order valence-electron chi connectivity index (χ3n) is 6.81. The minimum absolute atomic E-state index is 0.0976. The van der Waals surface area contributed by atoms with E-state index in [0.29, 0.717) is 22.8 Å². The zero-order valence-electron chi connectivity index (χ0n) is 31.7. The van der Waals surface area contributed by atoms with Crippen LogP contribution in [0.3, 0.4) is 0 Å². The average Bonchev–Trinajstić information content (AvgIpc) is 3.80. The first-order valence-electron chi connectivity index (χ1n) is 16.3. The summed E-state index contributed by atoms with van der Waals surface area (Å²) in [6, 6.07) is 14.0. The van der Waals surface area contributed by atoms with Gasteiger partial charge in [0.25, 0.3) is 22.8 Å². The van der Waals surface area contributed by atoms with Crippen LogP contribution in [-0.2, 0) is 23.3 Å². The molecule has 2 aromatic heterocycles. The SMILES string of the molecule is CC#N.Cc1oncc1C(=O)Cl.Cc1oncc1C(=O)Nc1ccc(C(F)(F)F)cc1.Nc1ccc(C(F)(F)F)cc1.[C-]#[N+]/C(C(=O)Nc1ccc(C(F)(F)F)cc1)=C(\C)O. The Balaban J connectivity index is 0.000000414. The second-order valence-electron chi connectivity index (χ2n) is 11.3. The molecule has 23 heteroatoms. The summed E-state index contributed by atoms with van der Waals surface area (Å²) in [6.07, 6.45) is -10.6. The third-order valence-corrected chi connectivity index (χ3v) is 7.01. The van der Waals surface area contributed by atoms with Crippen LogP contribution in [0.2, 0.25) is 0 Å². The second kappa shape index (κ2) is 23.3. The van der Waals surface area contributed by atoms with Gasteiger partial charge in [0.1, 0.15) is 22.8 Å². The molecule has 0 saturated carbocycles. The molecule has 0 fully saturated rings. The number of nitriles is 1. The maximum atomic E-state index is 12.4. The van der Waals surface area contributed by atoms with Crippen molar-refractivity contribution in [1.82, 2.24) is 10.3 Å². The van der Waals surface area contributed by atoms with Crippen LogP contribution in [0, 0.1) is 31.8 Å². The van der Waals surface area contributed by atoms with Crippen molar-refractivity contribution in [2.24, 2.45) is 0 Å². The number of carbonyl (C=O) groups excluding carboxylic acids is 3. The number of hydrogen-bond donors (Lipinski definition) is 4. The van der Waals surface area contributed by atoms with Crippen molar-refractivity contribution in [3.05, 3.63) is 147 Å². The predicted molar refractivity (Wildman–Crippen MR) is 201 cm³/mol. The van der Waals surface area contributed by atoms with Gasteiger partial charge in [-0.2, -0.15) is 44.8 Å². The number of nitrogens with two attached hydrogens (primary N) is 1. The van der Waals surface area contributed by atoms with Crippen LogP contribution in [0.25, 0.3) is 4.85 Å². The number of benzene rings is 3. The molecule has 0 atom stereocenters. The molecule has 0 unspecified atom stereocenters. The van der Waals surface area contributed by atoms with Gasteiger partial charge in [0, 0.05) is 24.0 Å². The molecule has 0 radical (unpaired) electrons. The Labute approximate surface area is 345 Å². The molecule has 2 heterocycles. The first-order chi connectivity index (χ1) is 28.3. The van der Waals surface area contributed by atoms with Crippen LogP contribution in [-0.4, -0.2) is 32.5 Å². The minimum Gasteiger partial charge on any atom is -0.523 e. The van der Waals surface area contributed by atoms with Crippen molar-refractivity contribution in [3.8, 4) is 6.07 Å². The highest BCUT2D eigenvalue weighted by Crippen LogP contribution is 2.31. The van der Waals surface area contributed by atoms with E-state index in [1.807, 2.05) is 0 Å². The van der Waals surface area contributed by atoms with Gasteiger partial charge in [0.05, 0.1) is 47.3 Å². The Bertz CT molecular complexity index is 2320. The van der Waals surface area contributed by atoms with Crippen LogP contribution in [0.15, 0.2) is 106 Å². The molecule has 0 bridgehead atoms. The number of aliphatic hydroxyl groups is 1. The summed E-state index contributed by atoms with van der Waals surface area (Å²) in [5.41, 5.74) is 3.66. The molecule has 3 aromatic carbocycles. The summed E-state index contributed by atoms with van der Waals surface area (Å²) >= 11 is 5.11. The van der Waals surface area contributed by atoms with Gasteiger partial charge in [-0.05, 0) is 105 Å². The van der Waals surface area contributed by atoms with E-state index in [-0.39, 0.29) is 16.9 Å². The number of nitrogen functional groups attached to an aromatic ring is 1. The van der Waals surface area contributed by atoms with E-state index in [1.165, 1.54) is 50.5 Å². The van der Waals surface area contributed by atoms with Crippen molar-refractivity contribution in [1.29, 1.82) is 5.26 Å². The maximum Gasteiger partial charge on any atom is 0.416 e. The lowest BCUT2D eigenvalue weighted by Crippen LogP contribution is -2.14. The summed E-state index contributed by atoms with van der Waals surface area (Å²) in [7, 11) is 0. The predicted octanol–water partition coefficient (Wildman–Crippen LogP) is 10.8. The number of halogens is 10. The standard InChI is InChI=1S/2C12H9F3N2O2.C7H6F3N.C5H4ClNO2.C2H3N/c1-7-10(6-16-19-7)11(18)17-9-4-2-8(3-5-9)12(13,14)15;1-7(18)10(16-2)11(19)17-9-5-3-8(4-6-9)12(13,14)15;8-7(9,10)5-1-3-6(11)4-2-5;1-3-4(5(6)8)2-7-9-3;1-2-3/h2-6H,1H3,(H,17,18);3-6,18H,1H3,(H,17,19);1-4H,11H2;2H,1H3;1H3/b;10-7+;;;. The first-order valence-corrected chi connectivity index (χ1v) is 16.6. The highest BCUT2D eigenvalue weighted by molar-refractivity contribution is 6.67. The second-order valence-corrected chi connectivity index (χ2v) is 11.7. The van der Waals surface area contributed by atoms with E-state index >= 15 is 0 Å². The van der Waals surface area contributed by atoms with E-state index in [0.717, 1.165) is 48.5 Å². The lowest BCUT2D eigenvalue weighted by Gasteiger charge is -2.08. The number of allylic oxidation sites excluding steroid dienone is 1. The molecule has 0 saturated heterocycles. The monoisotopic (exact) mass is 887 g/mol. The van der Waals surface area contributed by atoms with Crippen molar-refractivity contribution < 1.29 is 68.1 Å². The summed E-state index contributed by atoms with van der Waals surface area (Å²) in [6.45, 7) is 12.5. The fourth-order valence-corrected chi connectivity index (χ4v) is 4.03. The van der Waals surface area contributed by atoms with Gasteiger partial charge in [0.15, 0.2) is 0 Å². The molecule has 0 aliphatic rings. The van der Waals surface area contributed by atoms with Crippen LogP contribution in [0.4, 0.5) is 56.6 Å². The van der Waals surface area contributed by atoms with E-state index < -0.39 is 63.7 Å². The number of carbonyl (C=O) groups is 3. The topological polar surface area (TPSA) is 202 Å². The largest absolute Gasteiger partial charge is 0.523 e. The van der Waals surface area contributed by atoms with Crippen LogP contribution >= 0.6 is 11.6 Å². The lowest BCUT2D eigenvalue weighted by molar-refractivity contribution is -0.138. The van der Waals surface area contributed by atoms with Gasteiger partial charge in [-0.15, -0.1) is 0 Å². The van der Waals surface area contributed by atoms with Gasteiger partial charge in [-0.3, -0.25) is 14.4 Å². The number of aliphatic hydroxyl groups excluding tert-OH is 1. The van der Waals surface area contributed by atoms with E-state index in [9.17, 15) is 53.9 Å². The number of nitrogens with zero attached hydrogens (tertiary/aromatic N) is 4. The molecular formula is C38H31ClF9N7O6. The Hall–Kier alpha value is -7.33. The summed E-state index contributed by atoms with van der Waals surface area (Å²) in [5.74, 6) is -1.04. The number of aryl methyl sites for hydroxylation is 2. The van der Waals surface area contributed by atoms with Crippen molar-refractivity contribution in [2.75, 3.05) is 16.4 Å². The smallest absolute Gasteiger partial charge is 0.416 e. The van der Waals surface area contributed by atoms with Gasteiger partial charge in [-0.25, -0.2) is 4.85 Å². The molecular weight excluding hydrogens is 857 g/mol. The normalized spacial score (nSPS) is 11.0. The molecule has 61 heavy (non-hydrogen) atoms. The van der Waals surface area contributed by atoms with E-state index in [4.69, 9.17) is 38.8 Å². The number of rotatable bonds is 5. The summed E-state index contributed by atoms with van der Waals surface area (Å²) < 4.78 is 119. The van der Waals surface area contributed by atoms with Crippen molar-refractivity contribution in [2.45, 2.75) is 46.2 Å². The highest BCUT2D eigenvalue weighted by atomic mass is 35.5. The Morgan fingerprint density at radius 3 is 1.36 bits per heavy atom. The summed E-state index contributed by atoms with van der Waals surface area (Å²) in [5, 5.41) is 27.3. The van der Waals surface area contributed by atoms with Gasteiger partial charge in [0.2, 0.25) is 0 Å². The fraction of sp³-hybridized carbons (Fsp3) is 0.184. The van der Waals surface area contributed by atoms with Gasteiger partial charge < -0.3 is 30.5 Å². The molecule has 5 N–H and O–H groups in total. The zero-order chi connectivity index (χ0) is 46.7. The molecule has 0 aliphatic heterocycles. The fourth-order valence-electron chi connectivity index (χ4n) is 3.85. The van der Waals surface area contributed by atoms with Crippen molar-refractivity contribution in [3.63, 3.8) is 0 Å². The molecule has 13 nitrogen and oxygen atoms in total. The quantitative estimate of drug-likeness (QED) is 0.0328. The van der Waals surface area contributed by atoms with Crippen LogP contribution in [0.5, 0.6) is 0 Å². The molecule has 5 rings (SSSR count). The highest BCUT2D eigenvalue weighted by Gasteiger charge is 2.31. The molecule has 0 spiro atoms. The zero-order valence-corrected chi connectivity index (χ0v) is 32.5. The number of hydrogen-bond acceptors (Lipinski definition) is 10. The molecule has 0 aliphatic carbocycles. The van der Waals surface area contributed by atoms with Gasteiger partial charge in [-0.1, -0.05) is 10.3 Å². The van der Waals surface area contributed by atoms with E-state index in [2.05, 4.69) is 30.3 Å². The van der Waals surface area contributed by atoms with Crippen molar-refractivity contribution >= 4 is 45.7 Å². The number of nitrogens with one attached hydrogen (secondary N) is 2. The number of alkyl halides is 9. The Kier molecular flexibility index (Phi) is 19.8. The van der Waals surface area contributed by atoms with Gasteiger partial charge >= 0.3 is 18.5 Å². The average molecular weight is 888 g/mol. The Morgan fingerprint density at radius 2 is 1.08 bits per heavy atom. The maximum absolute atomic E-state index is 12.4. The molecule has 324 valence electrons.